The predicted molar refractivity (Wildman–Crippen MR) is 398 cm³/mol. The van der Waals surface area contributed by atoms with Crippen LogP contribution in [0.4, 0.5) is 0 Å². The van der Waals surface area contributed by atoms with E-state index in [4.69, 9.17) is 57.4 Å². The Kier molecular flexibility index (Phi) is 71.8. The number of esters is 10. The van der Waals surface area contributed by atoms with Crippen molar-refractivity contribution in [3.8, 4) is 6.07 Å². The molecular weight excluding hydrogens is 1320 g/mol. The highest BCUT2D eigenvalue weighted by molar-refractivity contribution is 5.75. The molecule has 1 aliphatic rings. The van der Waals surface area contributed by atoms with Crippen molar-refractivity contribution in [2.45, 2.75) is 301 Å². The van der Waals surface area contributed by atoms with Gasteiger partial charge in [0.25, 0.3) is 0 Å². The molecule has 24 heteroatoms. The average molecular weight is 1470 g/mol. The second-order valence-corrected chi connectivity index (χ2v) is 28.7. The van der Waals surface area contributed by atoms with E-state index in [9.17, 15) is 47.9 Å². The van der Waals surface area contributed by atoms with E-state index in [1.807, 2.05) is 165 Å². The molecule has 0 bridgehead atoms. The van der Waals surface area contributed by atoms with Crippen molar-refractivity contribution in [3.05, 3.63) is 12.7 Å². The Bertz CT molecular complexity index is 2240. The van der Waals surface area contributed by atoms with Gasteiger partial charge in [-0.3, -0.25) is 47.9 Å². The van der Waals surface area contributed by atoms with Gasteiger partial charge >= 0.3 is 59.7 Å². The van der Waals surface area contributed by atoms with Crippen molar-refractivity contribution in [2.24, 2.45) is 59.2 Å². The average Bonchev–Trinajstić information content (AvgIpc) is 0.901. The molecule has 1 unspecified atom stereocenters. The van der Waals surface area contributed by atoms with Crippen LogP contribution in [0.2, 0.25) is 0 Å². The van der Waals surface area contributed by atoms with Gasteiger partial charge in [0.15, 0.2) is 0 Å². The fourth-order valence-electron chi connectivity index (χ4n) is 5.08. The van der Waals surface area contributed by atoms with E-state index in [2.05, 4.69) is 16.1 Å². The number of nitrogens with zero attached hydrogens (tertiary/aromatic N) is 1. The largest absolute Gasteiger partial charge is 0.469 e. The molecule has 24 nitrogen and oxygen atoms in total. The number of ether oxygens (including phenoxy) is 13. The summed E-state index contributed by atoms with van der Waals surface area (Å²) in [5.41, 5.74) is -1.45. The van der Waals surface area contributed by atoms with Crippen molar-refractivity contribution in [3.63, 3.8) is 0 Å². The maximum absolute atomic E-state index is 11.3. The molecule has 0 aromatic rings. The number of hydrogen-bond acceptors (Lipinski definition) is 24. The third kappa shape index (κ3) is 73.6. The van der Waals surface area contributed by atoms with Gasteiger partial charge in [0.05, 0.1) is 99.1 Å². The monoisotopic (exact) mass is 1470 g/mol. The van der Waals surface area contributed by atoms with Gasteiger partial charge in [0.1, 0.15) is 48.8 Å². The van der Waals surface area contributed by atoms with Crippen LogP contribution in [0.25, 0.3) is 0 Å². The maximum Gasteiger partial charge on any atom is 0.310 e. The number of methoxy groups -OCH3 is 2. The van der Waals surface area contributed by atoms with Gasteiger partial charge in [-0.15, -0.1) is 0 Å². The Morgan fingerprint density at radius 2 is 0.833 bits per heavy atom. The molecule has 0 N–H and O–H groups in total. The molecule has 0 aliphatic carbocycles. The second kappa shape index (κ2) is 65.6. The van der Waals surface area contributed by atoms with Crippen LogP contribution in [0.5, 0.6) is 0 Å². The van der Waals surface area contributed by atoms with E-state index < -0.39 is 5.60 Å². The van der Waals surface area contributed by atoms with E-state index in [-0.39, 0.29) is 162 Å². The number of nitriles is 1. The molecule has 602 valence electrons. The summed E-state index contributed by atoms with van der Waals surface area (Å²) in [6.45, 7) is 65.2. The third-order valence-corrected chi connectivity index (χ3v) is 13.9. The number of hydrogen-bond donors (Lipinski definition) is 0. The maximum atomic E-state index is 11.3. The smallest absolute Gasteiger partial charge is 0.310 e. The molecule has 0 saturated carbocycles. The normalized spacial score (nSPS) is 12.4. The van der Waals surface area contributed by atoms with Crippen LogP contribution in [-0.2, 0) is 110 Å². The zero-order valence-corrected chi connectivity index (χ0v) is 70.0. The van der Waals surface area contributed by atoms with E-state index in [1.54, 1.807) is 68.6 Å². The van der Waals surface area contributed by atoms with Gasteiger partial charge < -0.3 is 61.6 Å². The van der Waals surface area contributed by atoms with Crippen LogP contribution in [0, 0.1) is 70.5 Å². The number of carbonyl (C=O) groups excluding carboxylic acids is 10. The van der Waals surface area contributed by atoms with Crippen molar-refractivity contribution >= 4 is 59.7 Å². The van der Waals surface area contributed by atoms with E-state index in [0.717, 1.165) is 58.2 Å². The molecule has 1 heterocycles. The van der Waals surface area contributed by atoms with Gasteiger partial charge in [0, 0.05) is 20.1 Å². The fraction of sp³-hybridized carbons (Fsp3) is 0.833. The highest BCUT2D eigenvalue weighted by Crippen LogP contribution is 2.23. The molecule has 0 radical (unpaired) electrons. The summed E-state index contributed by atoms with van der Waals surface area (Å²) >= 11 is 0. The Morgan fingerprint density at radius 3 is 1.16 bits per heavy atom. The lowest BCUT2D eigenvalue weighted by molar-refractivity contribution is -0.190. The van der Waals surface area contributed by atoms with Crippen LogP contribution in [0.3, 0.4) is 0 Å². The molecule has 0 aromatic heterocycles. The summed E-state index contributed by atoms with van der Waals surface area (Å²) < 4.78 is 64.6. The zero-order valence-electron chi connectivity index (χ0n) is 70.0. The van der Waals surface area contributed by atoms with Gasteiger partial charge in [-0.1, -0.05) is 173 Å². The van der Waals surface area contributed by atoms with Crippen LogP contribution in [-0.4, -0.2) is 155 Å². The van der Waals surface area contributed by atoms with E-state index in [0.29, 0.717) is 32.3 Å². The molecule has 0 amide bonds. The van der Waals surface area contributed by atoms with Crippen molar-refractivity contribution in [2.75, 3.05) is 67.1 Å². The second-order valence-electron chi connectivity index (χ2n) is 28.7. The first kappa shape index (κ1) is 112. The predicted octanol–water partition coefficient (Wildman–Crippen LogP) is 15.9. The first-order valence-electron chi connectivity index (χ1n) is 36.4. The first-order valence-corrected chi connectivity index (χ1v) is 36.4. The van der Waals surface area contributed by atoms with Gasteiger partial charge in [-0.05, 0) is 99.0 Å². The zero-order chi connectivity index (χ0) is 81.8. The van der Waals surface area contributed by atoms with Crippen molar-refractivity contribution in [1.82, 2.24) is 0 Å². The molecule has 1 fully saturated rings. The van der Waals surface area contributed by atoms with E-state index >= 15 is 0 Å². The minimum Gasteiger partial charge on any atom is -0.469 e. The van der Waals surface area contributed by atoms with Gasteiger partial charge in [-0.2, -0.15) is 5.26 Å². The minimum absolute atomic E-state index is 0.0255. The number of rotatable bonds is 32. The van der Waals surface area contributed by atoms with Crippen LogP contribution >= 0.6 is 0 Å². The Hall–Kier alpha value is -6.19. The Labute approximate surface area is 618 Å². The lowest BCUT2D eigenvalue weighted by Gasteiger charge is -2.29. The summed E-state index contributed by atoms with van der Waals surface area (Å²) in [6.07, 6.45) is 8.35. The van der Waals surface area contributed by atoms with Crippen LogP contribution < -0.4 is 0 Å². The van der Waals surface area contributed by atoms with Crippen LogP contribution in [0.15, 0.2) is 12.7 Å². The Morgan fingerprint density at radius 1 is 0.461 bits per heavy atom. The summed E-state index contributed by atoms with van der Waals surface area (Å²) in [6, 6.07) is 1.88. The highest BCUT2D eigenvalue weighted by atomic mass is 16.7. The van der Waals surface area contributed by atoms with Gasteiger partial charge in [-0.25, -0.2) is 0 Å². The molecule has 1 atom stereocenters. The number of carbonyl (C=O) groups is 10. The Balaban J connectivity index is -0.000000163. The quantitative estimate of drug-likeness (QED) is 0.0261. The van der Waals surface area contributed by atoms with Crippen molar-refractivity contribution < 1.29 is 110 Å². The standard InChI is InChI=1S/2C10H20O2.C9H16O3.C9H18O3.C9H18O2.C9H16O2.C8H14O4.C7H11NO2.C7H14O3/c1-7(2)9(11)12-10(5,6)8(3)4;1-6-10(5,7-2)12-9(11)8(3)4;1-7(2)9(10)12-8-5-3-4-6-11-8;1-4-5-11-6-7-12-9(10)8(2)3;2*1-6-9(4,5)11-8(10)7(2)3;1-6(2)8(10)12-5-4-7(9)11-3;1-6(2)7(9)10-5-3-4-8;1-6(2)7(8)10-5-4-9-3/h7-8H,1-6H3;8H,6-7H2,1-5H3;7-8H,3-6H2,1-2H3;8H,4-7H2,1-3H3;7H,6H2,1-5H3;6-7H,1H2,2-5H3;6H,4-5H2,1-3H3;6H,3,5H2,1-2H3;6H,4-5H2,1-3H3. The molecule has 1 saturated heterocycles. The van der Waals surface area contributed by atoms with Crippen LogP contribution in [0.1, 0.15) is 272 Å². The summed E-state index contributed by atoms with van der Waals surface area (Å²) in [5, 5.41) is 8.08. The van der Waals surface area contributed by atoms with Gasteiger partial charge in [0.2, 0.25) is 6.29 Å². The van der Waals surface area contributed by atoms with E-state index in [1.165, 1.54) is 7.11 Å². The lowest BCUT2D eigenvalue weighted by atomic mass is 9.94. The minimum atomic E-state index is -0.540. The molecule has 0 aromatic carbocycles. The summed E-state index contributed by atoms with van der Waals surface area (Å²) in [7, 11) is 2.87. The molecule has 102 heavy (non-hydrogen) atoms. The van der Waals surface area contributed by atoms with Crippen molar-refractivity contribution in [1.29, 1.82) is 5.26 Å². The fourth-order valence-corrected chi connectivity index (χ4v) is 5.08. The molecule has 0 spiro atoms. The molecule has 1 aliphatic heterocycles. The SMILES string of the molecule is C=CC(C)(C)OC(=O)C(C)C.CC(C)C(=O)OC(C)(C)C(C)C.CC(C)C(=O)OC1CCCCO1.CC(C)C(=O)OCCC#N.CCC(C)(C)OC(=O)C(C)C.CCC(C)(CC)OC(=O)C(C)C.CCCOCCOC(=O)C(C)C.COC(=O)CCOC(=O)C(C)C.COCCOC(=O)C(C)C. The highest BCUT2D eigenvalue weighted by Gasteiger charge is 2.29. The summed E-state index contributed by atoms with van der Waals surface area (Å²) in [5.74, 6) is -2.12. The first-order chi connectivity index (χ1) is 46.8. The topological polar surface area (TPSA) is 314 Å². The lowest BCUT2D eigenvalue weighted by Crippen LogP contribution is -2.35. The summed E-state index contributed by atoms with van der Waals surface area (Å²) in [4.78, 5) is 109. The third-order valence-electron chi connectivity index (χ3n) is 13.9. The molecule has 1 rings (SSSR count). The molecular formula is C78H147NO23.